The molecule has 0 amide bonds. The summed E-state index contributed by atoms with van der Waals surface area (Å²) in [6, 6.07) is 0. The Morgan fingerprint density at radius 3 is 2.86 bits per heavy atom. The van der Waals surface area contributed by atoms with Gasteiger partial charge in [-0.25, -0.2) is 4.79 Å². The van der Waals surface area contributed by atoms with Gasteiger partial charge in [-0.3, -0.25) is 4.90 Å². The van der Waals surface area contributed by atoms with Gasteiger partial charge in [-0.05, 0) is 6.92 Å². The molecule has 0 radical (unpaired) electrons. The first kappa shape index (κ1) is 11.0. The van der Waals surface area contributed by atoms with Crippen molar-refractivity contribution >= 4 is 5.97 Å². The number of carboxylic acids is 1. The smallest absolute Gasteiger partial charge is 0.329 e. The van der Waals surface area contributed by atoms with Gasteiger partial charge in [0.05, 0.1) is 5.60 Å². The molecule has 1 fully saturated rings. The molecule has 14 heavy (non-hydrogen) atoms. The molecule has 0 atom stereocenters. The molecule has 0 unspecified atom stereocenters. The number of nitrogens with zero attached hydrogens (tertiary/aromatic N) is 1. The van der Waals surface area contributed by atoms with Crippen LogP contribution in [-0.4, -0.2) is 47.8 Å². The number of ether oxygens (including phenoxy) is 1. The Balaban J connectivity index is 2.17. The van der Waals surface area contributed by atoms with Gasteiger partial charge in [0, 0.05) is 26.1 Å². The Bertz CT molecular complexity index is 251. The zero-order valence-electron chi connectivity index (χ0n) is 8.32. The SMILES string of the molecule is C#CCCN1CC(C)(OCC(=O)O)C1. The second-order valence-electron chi connectivity index (χ2n) is 3.80. The first-order valence-corrected chi connectivity index (χ1v) is 4.57. The summed E-state index contributed by atoms with van der Waals surface area (Å²) in [6.45, 7) is 4.09. The maximum atomic E-state index is 10.3. The van der Waals surface area contributed by atoms with Crippen LogP contribution in [0.4, 0.5) is 0 Å². The van der Waals surface area contributed by atoms with E-state index in [1.165, 1.54) is 0 Å². The van der Waals surface area contributed by atoms with E-state index in [4.69, 9.17) is 16.3 Å². The summed E-state index contributed by atoms with van der Waals surface area (Å²) in [5.74, 6) is 1.64. The van der Waals surface area contributed by atoms with Crippen LogP contribution in [0.2, 0.25) is 0 Å². The van der Waals surface area contributed by atoms with Gasteiger partial charge < -0.3 is 9.84 Å². The molecule has 78 valence electrons. The van der Waals surface area contributed by atoms with Crippen molar-refractivity contribution in [1.82, 2.24) is 4.90 Å². The third-order valence-corrected chi connectivity index (χ3v) is 2.23. The summed E-state index contributed by atoms with van der Waals surface area (Å²) in [5, 5.41) is 8.44. The molecule has 1 aliphatic heterocycles. The monoisotopic (exact) mass is 197 g/mol. The Hall–Kier alpha value is -1.05. The fourth-order valence-electron chi connectivity index (χ4n) is 1.61. The fourth-order valence-corrected chi connectivity index (χ4v) is 1.61. The highest BCUT2D eigenvalue weighted by atomic mass is 16.5. The zero-order valence-corrected chi connectivity index (χ0v) is 8.32. The molecule has 4 heteroatoms. The Labute approximate surface area is 83.8 Å². The average molecular weight is 197 g/mol. The molecule has 1 saturated heterocycles. The minimum absolute atomic E-state index is 0.223. The second-order valence-corrected chi connectivity index (χ2v) is 3.80. The van der Waals surface area contributed by atoms with Gasteiger partial charge in [-0.1, -0.05) is 0 Å². The molecule has 1 heterocycles. The van der Waals surface area contributed by atoms with Gasteiger partial charge in [-0.15, -0.1) is 12.3 Å². The van der Waals surface area contributed by atoms with Gasteiger partial charge in [0.25, 0.3) is 0 Å². The van der Waals surface area contributed by atoms with E-state index >= 15 is 0 Å². The lowest BCUT2D eigenvalue weighted by Crippen LogP contribution is -2.61. The van der Waals surface area contributed by atoms with Gasteiger partial charge in [0.2, 0.25) is 0 Å². The van der Waals surface area contributed by atoms with Gasteiger partial charge in [-0.2, -0.15) is 0 Å². The average Bonchev–Trinajstić information content (AvgIpc) is 2.07. The lowest BCUT2D eigenvalue weighted by Gasteiger charge is -2.47. The highest BCUT2D eigenvalue weighted by Crippen LogP contribution is 2.24. The first-order valence-electron chi connectivity index (χ1n) is 4.57. The molecule has 0 aromatic rings. The predicted octanol–water partition coefficient (Wildman–Crippen LogP) is 0.185. The number of hydrogen-bond donors (Lipinski definition) is 1. The number of terminal acetylenes is 1. The van der Waals surface area contributed by atoms with Gasteiger partial charge in [0.1, 0.15) is 6.61 Å². The lowest BCUT2D eigenvalue weighted by atomic mass is 9.96. The van der Waals surface area contributed by atoms with Crippen LogP contribution in [0.5, 0.6) is 0 Å². The maximum absolute atomic E-state index is 10.3. The lowest BCUT2D eigenvalue weighted by molar-refractivity contribution is -0.164. The summed E-state index contributed by atoms with van der Waals surface area (Å²) < 4.78 is 5.24. The zero-order chi connectivity index (χ0) is 10.6. The summed E-state index contributed by atoms with van der Waals surface area (Å²) in [7, 11) is 0. The number of rotatable bonds is 5. The molecule has 0 spiro atoms. The number of likely N-dealkylation sites (tertiary alicyclic amines) is 1. The molecule has 0 aromatic carbocycles. The van der Waals surface area contributed by atoms with E-state index in [1.807, 2.05) is 6.92 Å². The normalized spacial score (nSPS) is 19.7. The van der Waals surface area contributed by atoms with Gasteiger partial charge >= 0.3 is 5.97 Å². The molecule has 0 aliphatic carbocycles. The van der Waals surface area contributed by atoms with Crippen LogP contribution in [0.1, 0.15) is 13.3 Å². The van der Waals surface area contributed by atoms with E-state index < -0.39 is 5.97 Å². The van der Waals surface area contributed by atoms with Crippen LogP contribution in [-0.2, 0) is 9.53 Å². The van der Waals surface area contributed by atoms with Crippen molar-refractivity contribution in [3.05, 3.63) is 0 Å². The van der Waals surface area contributed by atoms with E-state index in [0.717, 1.165) is 26.1 Å². The van der Waals surface area contributed by atoms with Crippen molar-refractivity contribution in [1.29, 1.82) is 0 Å². The Morgan fingerprint density at radius 1 is 1.71 bits per heavy atom. The van der Waals surface area contributed by atoms with Crippen LogP contribution in [0.25, 0.3) is 0 Å². The minimum Gasteiger partial charge on any atom is -0.480 e. The molecule has 1 N–H and O–H groups in total. The first-order chi connectivity index (χ1) is 6.56. The van der Waals surface area contributed by atoms with E-state index in [2.05, 4.69) is 10.8 Å². The molecule has 1 rings (SSSR count). The number of hydrogen-bond acceptors (Lipinski definition) is 3. The van der Waals surface area contributed by atoms with E-state index in [0.29, 0.717) is 0 Å². The maximum Gasteiger partial charge on any atom is 0.329 e. The quantitative estimate of drug-likeness (QED) is 0.639. The van der Waals surface area contributed by atoms with Crippen LogP contribution in [0, 0.1) is 12.3 Å². The number of aliphatic carboxylic acids is 1. The van der Waals surface area contributed by atoms with Crippen LogP contribution >= 0.6 is 0 Å². The number of carbonyl (C=O) groups is 1. The van der Waals surface area contributed by atoms with Crippen molar-refractivity contribution in [2.24, 2.45) is 0 Å². The topological polar surface area (TPSA) is 49.8 Å². The summed E-state index contributed by atoms with van der Waals surface area (Å²) in [4.78, 5) is 12.4. The molecule has 0 saturated carbocycles. The third kappa shape index (κ3) is 3.02. The van der Waals surface area contributed by atoms with Crippen molar-refractivity contribution in [3.63, 3.8) is 0 Å². The molecule has 4 nitrogen and oxygen atoms in total. The fraction of sp³-hybridized carbons (Fsp3) is 0.700. The summed E-state index contributed by atoms with van der Waals surface area (Å²) >= 11 is 0. The number of carboxylic acid groups (broad SMARTS) is 1. The summed E-state index contributed by atoms with van der Waals surface area (Å²) in [6.07, 6.45) is 5.87. The molecular weight excluding hydrogens is 182 g/mol. The predicted molar refractivity (Wildman–Crippen MR) is 51.9 cm³/mol. The van der Waals surface area contributed by atoms with E-state index in [1.54, 1.807) is 0 Å². The Morgan fingerprint density at radius 2 is 2.36 bits per heavy atom. The Kier molecular flexibility index (Phi) is 3.50. The molecular formula is C10H15NO3. The summed E-state index contributed by atoms with van der Waals surface area (Å²) in [5.41, 5.74) is -0.299. The minimum atomic E-state index is -0.923. The molecule has 1 aliphatic rings. The van der Waals surface area contributed by atoms with Crippen LogP contribution < -0.4 is 0 Å². The highest BCUT2D eigenvalue weighted by Gasteiger charge is 2.39. The van der Waals surface area contributed by atoms with Gasteiger partial charge in [0.15, 0.2) is 0 Å². The van der Waals surface area contributed by atoms with Crippen molar-refractivity contribution in [2.45, 2.75) is 18.9 Å². The largest absolute Gasteiger partial charge is 0.480 e. The third-order valence-electron chi connectivity index (χ3n) is 2.23. The molecule has 0 aromatic heterocycles. The standard InChI is InChI=1S/C10H15NO3/c1-3-4-5-11-7-10(2,8-11)14-6-9(12)13/h1H,4-8H2,2H3,(H,12,13). The van der Waals surface area contributed by atoms with E-state index in [-0.39, 0.29) is 12.2 Å². The van der Waals surface area contributed by atoms with Crippen molar-refractivity contribution in [3.8, 4) is 12.3 Å². The van der Waals surface area contributed by atoms with Crippen molar-refractivity contribution < 1.29 is 14.6 Å². The highest BCUT2D eigenvalue weighted by molar-refractivity contribution is 5.68. The van der Waals surface area contributed by atoms with Crippen LogP contribution in [0.15, 0.2) is 0 Å². The van der Waals surface area contributed by atoms with E-state index in [9.17, 15) is 4.79 Å². The van der Waals surface area contributed by atoms with Crippen molar-refractivity contribution in [2.75, 3.05) is 26.2 Å². The molecule has 0 bridgehead atoms. The van der Waals surface area contributed by atoms with Crippen LogP contribution in [0.3, 0.4) is 0 Å². The second kappa shape index (κ2) is 4.45.